The molecule has 0 amide bonds. The van der Waals surface area contributed by atoms with Crippen LogP contribution in [0.1, 0.15) is 5.56 Å². The summed E-state index contributed by atoms with van der Waals surface area (Å²) in [5.74, 6) is -0.447. The summed E-state index contributed by atoms with van der Waals surface area (Å²) < 4.78 is 5.28. The average Bonchev–Trinajstić information content (AvgIpc) is 2.25. The van der Waals surface area contributed by atoms with E-state index in [1.807, 2.05) is 0 Å². The van der Waals surface area contributed by atoms with Crippen LogP contribution < -0.4 is 4.74 Å². The summed E-state index contributed by atoms with van der Waals surface area (Å²) in [4.78, 5) is 10.3. The largest absolute Gasteiger partial charge is 0.488 e. The number of halogens is 1. The maximum atomic E-state index is 10.3. The van der Waals surface area contributed by atoms with Gasteiger partial charge in [0.2, 0.25) is 0 Å². The van der Waals surface area contributed by atoms with E-state index in [2.05, 4.69) is 6.58 Å². The number of carbonyl (C=O) groups is 1. The maximum absolute atomic E-state index is 10.3. The Morgan fingerprint density at radius 3 is 2.88 bits per heavy atom. The van der Waals surface area contributed by atoms with Crippen LogP contribution in [0.25, 0.3) is 6.08 Å². The maximum Gasteiger partial charge on any atom is 0.328 e. The molecule has 0 aliphatic heterocycles. The number of hydrogen-bond donors (Lipinski definition) is 1. The Hall–Kier alpha value is -1.74. The van der Waals surface area contributed by atoms with Gasteiger partial charge in [-0.15, -0.1) is 0 Å². The van der Waals surface area contributed by atoms with Crippen molar-refractivity contribution in [1.29, 1.82) is 0 Å². The molecule has 0 atom stereocenters. The van der Waals surface area contributed by atoms with Crippen LogP contribution in [0.5, 0.6) is 5.75 Å². The van der Waals surface area contributed by atoms with E-state index in [-0.39, 0.29) is 0 Å². The molecule has 0 aliphatic carbocycles. The second-order valence-corrected chi connectivity index (χ2v) is 3.37. The highest BCUT2D eigenvalue weighted by molar-refractivity contribution is 6.32. The minimum Gasteiger partial charge on any atom is -0.488 e. The Balaban J connectivity index is 2.82. The molecule has 0 heterocycles. The fraction of sp³-hybridized carbons (Fsp3) is 0.0833. The van der Waals surface area contributed by atoms with E-state index < -0.39 is 5.97 Å². The molecule has 1 N–H and O–H groups in total. The van der Waals surface area contributed by atoms with Crippen LogP contribution in [0.4, 0.5) is 0 Å². The zero-order valence-corrected chi connectivity index (χ0v) is 9.28. The van der Waals surface area contributed by atoms with Crippen molar-refractivity contribution in [2.75, 3.05) is 6.61 Å². The van der Waals surface area contributed by atoms with Gasteiger partial charge in [-0.2, -0.15) is 0 Å². The van der Waals surface area contributed by atoms with Crippen molar-refractivity contribution in [3.8, 4) is 5.75 Å². The van der Waals surface area contributed by atoms with Crippen LogP contribution in [-0.2, 0) is 4.79 Å². The van der Waals surface area contributed by atoms with E-state index in [0.29, 0.717) is 22.9 Å². The minimum absolute atomic E-state index is 0.379. The molecule has 0 unspecified atom stereocenters. The lowest BCUT2D eigenvalue weighted by atomic mass is 10.2. The molecular weight excluding hydrogens is 228 g/mol. The molecule has 0 radical (unpaired) electrons. The van der Waals surface area contributed by atoms with Crippen molar-refractivity contribution in [1.82, 2.24) is 0 Å². The standard InChI is InChI=1S/C12H11ClO3/c1-2-7-16-11-5-3-9(8-10(11)13)4-6-12(14)15/h2-6,8H,1,7H2,(H,14,15)/b6-4+. The smallest absolute Gasteiger partial charge is 0.328 e. The third kappa shape index (κ3) is 3.79. The van der Waals surface area contributed by atoms with Gasteiger partial charge in [-0.25, -0.2) is 4.79 Å². The first-order valence-electron chi connectivity index (χ1n) is 4.57. The minimum atomic E-state index is -0.997. The van der Waals surface area contributed by atoms with Gasteiger partial charge < -0.3 is 9.84 Å². The molecule has 1 aromatic carbocycles. The third-order valence-corrected chi connectivity index (χ3v) is 2.03. The molecule has 0 saturated heterocycles. The highest BCUT2D eigenvalue weighted by Gasteiger charge is 2.01. The number of benzene rings is 1. The Labute approximate surface area is 98.6 Å². The van der Waals surface area contributed by atoms with Gasteiger partial charge in [0.15, 0.2) is 0 Å². The van der Waals surface area contributed by atoms with Gasteiger partial charge in [0, 0.05) is 6.08 Å². The van der Waals surface area contributed by atoms with Crippen molar-refractivity contribution in [2.24, 2.45) is 0 Å². The molecule has 16 heavy (non-hydrogen) atoms. The van der Waals surface area contributed by atoms with Crippen LogP contribution >= 0.6 is 11.6 Å². The van der Waals surface area contributed by atoms with E-state index in [0.717, 1.165) is 6.08 Å². The number of aliphatic carboxylic acids is 1. The van der Waals surface area contributed by atoms with E-state index >= 15 is 0 Å². The quantitative estimate of drug-likeness (QED) is 0.634. The summed E-state index contributed by atoms with van der Waals surface area (Å²) in [5.41, 5.74) is 0.707. The molecular formula is C12H11ClO3. The first-order valence-corrected chi connectivity index (χ1v) is 4.95. The second-order valence-electron chi connectivity index (χ2n) is 2.96. The average molecular weight is 239 g/mol. The van der Waals surface area contributed by atoms with Gasteiger partial charge >= 0.3 is 5.97 Å². The lowest BCUT2D eigenvalue weighted by molar-refractivity contribution is -0.131. The van der Waals surface area contributed by atoms with Crippen LogP contribution in [-0.4, -0.2) is 17.7 Å². The number of carboxylic acids is 1. The van der Waals surface area contributed by atoms with Gasteiger partial charge in [0.05, 0.1) is 5.02 Å². The van der Waals surface area contributed by atoms with Crippen LogP contribution in [0.3, 0.4) is 0 Å². The SMILES string of the molecule is C=CCOc1ccc(/C=C/C(=O)O)cc1Cl. The van der Waals surface area contributed by atoms with E-state index in [4.69, 9.17) is 21.4 Å². The van der Waals surface area contributed by atoms with Gasteiger partial charge in [0.25, 0.3) is 0 Å². The molecule has 0 aromatic heterocycles. The Morgan fingerprint density at radius 2 is 2.31 bits per heavy atom. The predicted octanol–water partition coefficient (Wildman–Crippen LogP) is 3.00. The van der Waals surface area contributed by atoms with Crippen molar-refractivity contribution < 1.29 is 14.6 Å². The normalized spacial score (nSPS) is 10.3. The monoisotopic (exact) mass is 238 g/mol. The van der Waals surface area contributed by atoms with Gasteiger partial charge in [-0.3, -0.25) is 0 Å². The van der Waals surface area contributed by atoms with E-state index in [1.54, 1.807) is 24.3 Å². The van der Waals surface area contributed by atoms with E-state index in [1.165, 1.54) is 6.08 Å². The predicted molar refractivity (Wildman–Crippen MR) is 63.8 cm³/mol. The summed E-state index contributed by atoms with van der Waals surface area (Å²) >= 11 is 5.94. The van der Waals surface area contributed by atoms with Crippen LogP contribution in [0, 0.1) is 0 Å². The van der Waals surface area contributed by atoms with Crippen LogP contribution in [0.15, 0.2) is 36.9 Å². The zero-order chi connectivity index (χ0) is 12.0. The Morgan fingerprint density at radius 1 is 1.56 bits per heavy atom. The molecule has 0 aliphatic rings. The Bertz CT molecular complexity index is 424. The first-order chi connectivity index (χ1) is 7.63. The highest BCUT2D eigenvalue weighted by Crippen LogP contribution is 2.25. The summed E-state index contributed by atoms with van der Waals surface area (Å²) in [6.07, 6.45) is 4.13. The lowest BCUT2D eigenvalue weighted by Gasteiger charge is -2.05. The molecule has 4 heteroatoms. The lowest BCUT2D eigenvalue weighted by Crippen LogP contribution is -1.93. The zero-order valence-electron chi connectivity index (χ0n) is 8.52. The first kappa shape index (κ1) is 12.3. The number of ether oxygens (including phenoxy) is 1. The highest BCUT2D eigenvalue weighted by atomic mass is 35.5. The summed E-state index contributed by atoms with van der Waals surface area (Å²) in [6.45, 7) is 3.91. The summed E-state index contributed by atoms with van der Waals surface area (Å²) in [6, 6.07) is 5.05. The van der Waals surface area contributed by atoms with E-state index in [9.17, 15) is 4.79 Å². The summed E-state index contributed by atoms with van der Waals surface area (Å²) in [5, 5.41) is 8.90. The van der Waals surface area contributed by atoms with Gasteiger partial charge in [-0.1, -0.05) is 30.3 Å². The van der Waals surface area contributed by atoms with Crippen molar-refractivity contribution in [2.45, 2.75) is 0 Å². The molecule has 84 valence electrons. The number of carboxylic acid groups (broad SMARTS) is 1. The molecule has 1 aromatic rings. The van der Waals surface area contributed by atoms with Crippen molar-refractivity contribution in [3.05, 3.63) is 47.5 Å². The fourth-order valence-corrected chi connectivity index (χ4v) is 1.30. The second kappa shape index (κ2) is 5.98. The van der Waals surface area contributed by atoms with Gasteiger partial charge in [-0.05, 0) is 23.8 Å². The van der Waals surface area contributed by atoms with Crippen molar-refractivity contribution >= 4 is 23.6 Å². The van der Waals surface area contributed by atoms with Crippen molar-refractivity contribution in [3.63, 3.8) is 0 Å². The molecule has 0 fully saturated rings. The molecule has 3 nitrogen and oxygen atoms in total. The fourth-order valence-electron chi connectivity index (χ4n) is 1.05. The number of rotatable bonds is 5. The van der Waals surface area contributed by atoms with Crippen LogP contribution in [0.2, 0.25) is 5.02 Å². The molecule has 0 saturated carbocycles. The molecule has 0 bridgehead atoms. The molecule has 1 rings (SSSR count). The number of hydrogen-bond acceptors (Lipinski definition) is 2. The summed E-state index contributed by atoms with van der Waals surface area (Å²) in [7, 11) is 0. The topological polar surface area (TPSA) is 46.5 Å². The molecule has 0 spiro atoms. The third-order valence-electron chi connectivity index (χ3n) is 1.73. The van der Waals surface area contributed by atoms with Gasteiger partial charge in [0.1, 0.15) is 12.4 Å². The Kier molecular flexibility index (Phi) is 4.61.